The molecule has 3 N–H and O–H groups in total. The summed E-state index contributed by atoms with van der Waals surface area (Å²) in [4.78, 5) is 16.3. The molecule has 0 aliphatic heterocycles. The molecule has 0 atom stereocenters. The lowest BCUT2D eigenvalue weighted by Gasteiger charge is -2.30. The molecule has 1 amide bonds. The summed E-state index contributed by atoms with van der Waals surface area (Å²) in [6, 6.07) is 14.3. The zero-order valence-corrected chi connectivity index (χ0v) is 21.0. The predicted molar refractivity (Wildman–Crippen MR) is 142 cm³/mol. The molecule has 8 nitrogen and oxygen atoms in total. The summed E-state index contributed by atoms with van der Waals surface area (Å²) >= 11 is 0. The van der Waals surface area contributed by atoms with Crippen molar-refractivity contribution in [3.05, 3.63) is 60.7 Å². The third kappa shape index (κ3) is 4.76. The van der Waals surface area contributed by atoms with E-state index in [0.717, 1.165) is 58.7 Å². The van der Waals surface area contributed by atoms with E-state index < -0.39 is 6.09 Å². The summed E-state index contributed by atoms with van der Waals surface area (Å²) < 4.78 is 15.7. The fraction of sp³-hybridized carbons (Fsp3) is 0.357. The van der Waals surface area contributed by atoms with Crippen molar-refractivity contribution in [2.75, 3.05) is 17.7 Å². The van der Waals surface area contributed by atoms with Gasteiger partial charge in [-0.15, -0.1) is 0 Å². The van der Waals surface area contributed by atoms with Crippen molar-refractivity contribution < 1.29 is 14.3 Å². The number of amides is 1. The minimum atomic E-state index is -0.462. The Morgan fingerprint density at radius 2 is 1.97 bits per heavy atom. The van der Waals surface area contributed by atoms with Crippen molar-refractivity contribution in [1.82, 2.24) is 14.1 Å². The van der Waals surface area contributed by atoms with E-state index in [1.54, 1.807) is 6.20 Å². The van der Waals surface area contributed by atoms with Crippen molar-refractivity contribution >= 4 is 28.4 Å². The first kappa shape index (κ1) is 23.8. The molecule has 36 heavy (non-hydrogen) atoms. The number of aryl methyl sites for hydroxylation is 1. The van der Waals surface area contributed by atoms with Crippen molar-refractivity contribution in [2.45, 2.75) is 51.7 Å². The number of benzene rings is 2. The number of carbonyl (C=O) groups excluding carboxylic acids is 1. The van der Waals surface area contributed by atoms with Crippen LogP contribution >= 0.6 is 0 Å². The highest BCUT2D eigenvalue weighted by Gasteiger charge is 2.27. The summed E-state index contributed by atoms with van der Waals surface area (Å²) in [5.41, 5.74) is 11.3. The van der Waals surface area contributed by atoms with E-state index in [0.29, 0.717) is 18.3 Å². The van der Waals surface area contributed by atoms with Crippen LogP contribution in [-0.4, -0.2) is 32.9 Å². The lowest BCUT2D eigenvalue weighted by Crippen LogP contribution is -2.18. The molecular weight excluding hydrogens is 454 g/mol. The molecule has 2 aromatic heterocycles. The molecular formula is C28H33N5O3. The molecule has 1 aliphatic rings. The van der Waals surface area contributed by atoms with E-state index in [1.165, 1.54) is 6.42 Å². The normalized spacial score (nSPS) is 13.7. The maximum Gasteiger partial charge on any atom is 0.411 e. The Balaban J connectivity index is 1.42. The first-order valence-corrected chi connectivity index (χ1v) is 12.5. The molecule has 0 bridgehead atoms. The largest absolute Gasteiger partial charge is 0.493 e. The molecule has 0 spiro atoms. The van der Waals surface area contributed by atoms with Crippen molar-refractivity contribution in [1.29, 1.82) is 0 Å². The Morgan fingerprint density at radius 3 is 2.61 bits per heavy atom. The summed E-state index contributed by atoms with van der Waals surface area (Å²) in [6.07, 6.45) is 7.31. The van der Waals surface area contributed by atoms with Crippen molar-refractivity contribution in [3.63, 3.8) is 0 Å². The molecule has 8 heteroatoms. The van der Waals surface area contributed by atoms with E-state index >= 15 is 0 Å². The molecule has 0 unspecified atom stereocenters. The van der Waals surface area contributed by atoms with E-state index in [4.69, 9.17) is 15.2 Å². The zero-order chi connectivity index (χ0) is 25.2. The topological polar surface area (TPSA) is 96.3 Å². The number of rotatable bonds is 8. The second-order valence-corrected chi connectivity index (χ2v) is 9.61. The van der Waals surface area contributed by atoms with Crippen LogP contribution in [0.4, 0.5) is 16.2 Å². The smallest absolute Gasteiger partial charge is 0.411 e. The summed E-state index contributed by atoms with van der Waals surface area (Å²) in [6.45, 7) is 4.19. The van der Waals surface area contributed by atoms with Crippen LogP contribution in [0.5, 0.6) is 5.75 Å². The van der Waals surface area contributed by atoms with Crippen LogP contribution in [-0.2, 0) is 18.2 Å². The Bertz CT molecular complexity index is 1370. The zero-order valence-electron chi connectivity index (χ0n) is 21.0. The van der Waals surface area contributed by atoms with Gasteiger partial charge in [0.05, 0.1) is 29.6 Å². The van der Waals surface area contributed by atoms with Crippen LogP contribution in [0.2, 0.25) is 0 Å². The minimum absolute atomic E-state index is 0.175. The number of aromatic nitrogens is 3. The van der Waals surface area contributed by atoms with E-state index in [2.05, 4.69) is 27.0 Å². The Hall–Kier alpha value is -3.94. The number of nitrogens with two attached hydrogens (primary N) is 1. The van der Waals surface area contributed by atoms with E-state index in [1.807, 2.05) is 62.0 Å². The van der Waals surface area contributed by atoms with Crippen molar-refractivity contribution in [3.8, 4) is 17.0 Å². The van der Waals surface area contributed by atoms with Gasteiger partial charge in [-0.25, -0.2) is 9.78 Å². The number of anilines is 2. The monoisotopic (exact) mass is 487 g/mol. The molecule has 1 saturated carbocycles. The third-order valence-corrected chi connectivity index (χ3v) is 6.72. The molecule has 0 radical (unpaired) electrons. The summed E-state index contributed by atoms with van der Waals surface area (Å²) in [5.74, 6) is 1.82. The van der Waals surface area contributed by atoms with Gasteiger partial charge in [0, 0.05) is 54.6 Å². The van der Waals surface area contributed by atoms with Gasteiger partial charge < -0.3 is 24.3 Å². The fourth-order valence-corrected chi connectivity index (χ4v) is 4.70. The number of fused-ring (bicyclic) bond motifs is 1. The summed E-state index contributed by atoms with van der Waals surface area (Å²) in [5, 5.41) is 3.80. The number of nitrogen functional groups attached to an aromatic ring is 1. The number of imidazole rings is 1. The standard InChI is InChI=1S/C28H33N5O3/c1-18(2)36-28(34)31-20-9-7-19(8-10-20)27-26(29)23-12-11-22(17-24(23)33(27)21-5-4-6-21)35-16-13-25-30-14-15-32(25)3/h7-12,14-15,17-18,21H,4-6,13,16,29H2,1-3H3,(H,31,34). The highest BCUT2D eigenvalue weighted by atomic mass is 16.6. The highest BCUT2D eigenvalue weighted by molar-refractivity contribution is 6.01. The number of nitrogens with one attached hydrogen (secondary N) is 1. The average molecular weight is 488 g/mol. The maximum atomic E-state index is 12.0. The second kappa shape index (κ2) is 9.97. The predicted octanol–water partition coefficient (Wildman–Crippen LogP) is 5.93. The lowest BCUT2D eigenvalue weighted by atomic mass is 9.92. The molecule has 4 aromatic rings. The first-order valence-electron chi connectivity index (χ1n) is 12.5. The van der Waals surface area contributed by atoms with Gasteiger partial charge in [0.1, 0.15) is 11.6 Å². The number of ether oxygens (including phenoxy) is 2. The van der Waals surface area contributed by atoms with Gasteiger partial charge in [-0.1, -0.05) is 12.1 Å². The summed E-state index contributed by atoms with van der Waals surface area (Å²) in [7, 11) is 1.99. The molecule has 5 rings (SSSR count). The SMILES string of the molecule is CC(C)OC(=O)Nc1ccc(-c2c(N)c3ccc(OCCc4nccn4C)cc3n2C2CCC2)cc1. The van der Waals surface area contributed by atoms with Gasteiger partial charge in [-0.05, 0) is 57.4 Å². The fourth-order valence-electron chi connectivity index (χ4n) is 4.70. The van der Waals surface area contributed by atoms with Crippen LogP contribution < -0.4 is 15.8 Å². The van der Waals surface area contributed by atoms with E-state index in [-0.39, 0.29) is 6.10 Å². The number of hydrogen-bond donors (Lipinski definition) is 2. The quantitative estimate of drug-likeness (QED) is 0.321. The van der Waals surface area contributed by atoms with Crippen LogP contribution in [0, 0.1) is 0 Å². The van der Waals surface area contributed by atoms with Crippen LogP contribution in [0.15, 0.2) is 54.9 Å². The van der Waals surface area contributed by atoms with Crippen molar-refractivity contribution in [2.24, 2.45) is 7.05 Å². The van der Waals surface area contributed by atoms with Gasteiger partial charge in [-0.3, -0.25) is 5.32 Å². The van der Waals surface area contributed by atoms with Gasteiger partial charge in [-0.2, -0.15) is 0 Å². The highest BCUT2D eigenvalue weighted by Crippen LogP contribution is 2.44. The molecule has 188 valence electrons. The molecule has 2 heterocycles. The number of carbonyl (C=O) groups is 1. The van der Waals surface area contributed by atoms with Crippen LogP contribution in [0.25, 0.3) is 22.2 Å². The molecule has 2 aromatic carbocycles. The number of nitrogens with zero attached hydrogens (tertiary/aromatic N) is 3. The average Bonchev–Trinajstić information content (AvgIpc) is 3.33. The first-order chi connectivity index (χ1) is 17.4. The maximum absolute atomic E-state index is 12.0. The van der Waals surface area contributed by atoms with Crippen LogP contribution in [0.1, 0.15) is 45.0 Å². The number of hydrogen-bond acceptors (Lipinski definition) is 5. The molecule has 1 aliphatic carbocycles. The third-order valence-electron chi connectivity index (χ3n) is 6.72. The lowest BCUT2D eigenvalue weighted by molar-refractivity contribution is 0.130. The Morgan fingerprint density at radius 1 is 1.19 bits per heavy atom. The molecule has 1 fully saturated rings. The van der Waals surface area contributed by atoms with Gasteiger partial charge in [0.15, 0.2) is 0 Å². The van der Waals surface area contributed by atoms with Gasteiger partial charge in [0.2, 0.25) is 0 Å². The van der Waals surface area contributed by atoms with E-state index in [9.17, 15) is 4.79 Å². The minimum Gasteiger partial charge on any atom is -0.493 e. The Kier molecular flexibility index (Phi) is 6.59. The van der Waals surface area contributed by atoms with Gasteiger partial charge in [0.25, 0.3) is 0 Å². The van der Waals surface area contributed by atoms with Gasteiger partial charge >= 0.3 is 6.09 Å². The Labute approximate surface area is 211 Å². The molecule has 0 saturated heterocycles. The second-order valence-electron chi connectivity index (χ2n) is 9.61. The van der Waals surface area contributed by atoms with Crippen LogP contribution in [0.3, 0.4) is 0 Å².